The van der Waals surface area contributed by atoms with Gasteiger partial charge in [0.15, 0.2) is 6.10 Å². The molecule has 0 bridgehead atoms. The van der Waals surface area contributed by atoms with E-state index in [1.54, 1.807) is 12.1 Å². The van der Waals surface area contributed by atoms with Crippen LogP contribution >= 0.6 is 0 Å². The number of carboxylic acid groups (broad SMARTS) is 1. The molecule has 20 heavy (non-hydrogen) atoms. The van der Waals surface area contributed by atoms with Gasteiger partial charge in [-0.2, -0.15) is 0 Å². The minimum absolute atomic E-state index is 0.00244. The number of carbonyl (C=O) groups is 1. The molecule has 0 aliphatic rings. The zero-order valence-electron chi connectivity index (χ0n) is 11.7. The molecule has 0 saturated carbocycles. The first-order chi connectivity index (χ1) is 9.24. The van der Waals surface area contributed by atoms with Gasteiger partial charge >= 0.3 is 5.97 Å². The molecule has 0 saturated heterocycles. The summed E-state index contributed by atoms with van der Waals surface area (Å²) in [6.45, 7) is 5.15. The van der Waals surface area contributed by atoms with E-state index in [1.165, 1.54) is 13.0 Å². The monoisotopic (exact) mass is 301 g/mol. The van der Waals surface area contributed by atoms with Gasteiger partial charge in [-0.1, -0.05) is 6.07 Å². The molecule has 1 unspecified atom stereocenters. The van der Waals surface area contributed by atoms with Gasteiger partial charge in [-0.05, 0) is 44.0 Å². The minimum Gasteiger partial charge on any atom is -0.479 e. The Morgan fingerprint density at radius 3 is 2.55 bits per heavy atom. The maximum atomic E-state index is 12.0. The average Bonchev–Trinajstić information content (AvgIpc) is 2.37. The SMILES string of the molecule is Cc1ccc(S(=O)(=O)NCCOC(C)C(=O)O)cc1C. The van der Waals surface area contributed by atoms with Crippen LogP contribution in [0.2, 0.25) is 0 Å². The van der Waals surface area contributed by atoms with Crippen LogP contribution in [0.15, 0.2) is 23.1 Å². The van der Waals surface area contributed by atoms with Crippen molar-refractivity contribution in [2.75, 3.05) is 13.2 Å². The second-order valence-corrected chi connectivity index (χ2v) is 6.26. The quantitative estimate of drug-likeness (QED) is 0.735. The molecular weight excluding hydrogens is 282 g/mol. The molecule has 0 aliphatic carbocycles. The lowest BCUT2D eigenvalue weighted by atomic mass is 10.1. The molecule has 1 rings (SSSR count). The number of hydrogen-bond donors (Lipinski definition) is 2. The third-order valence-electron chi connectivity index (χ3n) is 2.90. The Kier molecular flexibility index (Phi) is 5.67. The molecule has 0 fully saturated rings. The Morgan fingerprint density at radius 2 is 2.00 bits per heavy atom. The van der Waals surface area contributed by atoms with E-state index in [0.717, 1.165) is 11.1 Å². The van der Waals surface area contributed by atoms with Crippen LogP contribution in [0.25, 0.3) is 0 Å². The van der Waals surface area contributed by atoms with E-state index in [2.05, 4.69) is 4.72 Å². The summed E-state index contributed by atoms with van der Waals surface area (Å²) in [6.07, 6.45) is -0.957. The molecule has 0 aromatic heterocycles. The number of hydrogen-bond acceptors (Lipinski definition) is 4. The molecule has 7 heteroatoms. The van der Waals surface area contributed by atoms with Crippen molar-refractivity contribution in [2.24, 2.45) is 0 Å². The van der Waals surface area contributed by atoms with E-state index in [9.17, 15) is 13.2 Å². The summed E-state index contributed by atoms with van der Waals surface area (Å²) in [6, 6.07) is 4.87. The average molecular weight is 301 g/mol. The number of rotatable bonds is 7. The van der Waals surface area contributed by atoms with Gasteiger partial charge in [0.25, 0.3) is 0 Å². The molecule has 112 valence electrons. The van der Waals surface area contributed by atoms with Crippen molar-refractivity contribution in [1.29, 1.82) is 0 Å². The second kappa shape index (κ2) is 6.83. The number of sulfonamides is 1. The van der Waals surface area contributed by atoms with Gasteiger partial charge in [0.2, 0.25) is 10.0 Å². The van der Waals surface area contributed by atoms with Crippen LogP contribution in [-0.2, 0) is 19.6 Å². The summed E-state index contributed by atoms with van der Waals surface area (Å²) >= 11 is 0. The lowest BCUT2D eigenvalue weighted by Gasteiger charge is -2.10. The first kappa shape index (κ1) is 16.6. The van der Waals surface area contributed by atoms with Gasteiger partial charge in [0.05, 0.1) is 11.5 Å². The Bertz CT molecular complexity index is 582. The molecular formula is C13H19NO5S. The lowest BCUT2D eigenvalue weighted by molar-refractivity contribution is -0.148. The van der Waals surface area contributed by atoms with Crippen LogP contribution in [0, 0.1) is 13.8 Å². The molecule has 0 spiro atoms. The lowest BCUT2D eigenvalue weighted by Crippen LogP contribution is -2.30. The van der Waals surface area contributed by atoms with E-state index in [4.69, 9.17) is 9.84 Å². The van der Waals surface area contributed by atoms with Crippen LogP contribution in [0.5, 0.6) is 0 Å². The maximum absolute atomic E-state index is 12.0. The second-order valence-electron chi connectivity index (χ2n) is 4.50. The highest BCUT2D eigenvalue weighted by atomic mass is 32.2. The number of benzene rings is 1. The summed E-state index contributed by atoms with van der Waals surface area (Å²) in [5, 5.41) is 8.61. The fourth-order valence-corrected chi connectivity index (χ4v) is 2.55. The highest BCUT2D eigenvalue weighted by molar-refractivity contribution is 7.89. The molecule has 6 nitrogen and oxygen atoms in total. The zero-order chi connectivity index (χ0) is 15.3. The predicted molar refractivity (Wildman–Crippen MR) is 74.2 cm³/mol. The van der Waals surface area contributed by atoms with E-state index < -0.39 is 22.1 Å². The summed E-state index contributed by atoms with van der Waals surface area (Å²) < 4.78 is 31.3. The van der Waals surface area contributed by atoms with Gasteiger partial charge in [0.1, 0.15) is 0 Å². The van der Waals surface area contributed by atoms with Crippen LogP contribution in [0.3, 0.4) is 0 Å². The van der Waals surface area contributed by atoms with Gasteiger partial charge in [0, 0.05) is 6.54 Å². The highest BCUT2D eigenvalue weighted by Crippen LogP contribution is 2.14. The number of ether oxygens (including phenoxy) is 1. The number of aryl methyl sites for hydroxylation is 2. The van der Waals surface area contributed by atoms with Crippen molar-refractivity contribution in [1.82, 2.24) is 4.72 Å². The normalized spacial score (nSPS) is 13.2. The molecule has 1 aromatic rings. The summed E-state index contributed by atoms with van der Waals surface area (Å²) in [5.74, 6) is -1.08. The van der Waals surface area contributed by atoms with Crippen molar-refractivity contribution >= 4 is 16.0 Å². The molecule has 0 amide bonds. The predicted octanol–water partition coefficient (Wildman–Crippen LogP) is 1.07. The first-order valence-corrected chi connectivity index (χ1v) is 7.63. The molecule has 1 aromatic carbocycles. The zero-order valence-corrected chi connectivity index (χ0v) is 12.5. The van der Waals surface area contributed by atoms with Crippen molar-refractivity contribution in [3.8, 4) is 0 Å². The number of aliphatic carboxylic acids is 1. The summed E-state index contributed by atoms with van der Waals surface area (Å²) in [7, 11) is -3.60. The molecule has 2 N–H and O–H groups in total. The third kappa shape index (κ3) is 4.59. The van der Waals surface area contributed by atoms with Crippen molar-refractivity contribution in [3.05, 3.63) is 29.3 Å². The Hall–Kier alpha value is -1.44. The first-order valence-electron chi connectivity index (χ1n) is 6.15. The topological polar surface area (TPSA) is 92.7 Å². The van der Waals surface area contributed by atoms with Crippen molar-refractivity contribution in [2.45, 2.75) is 31.8 Å². The fraction of sp³-hybridized carbons (Fsp3) is 0.462. The fourth-order valence-electron chi connectivity index (χ4n) is 1.45. The van der Waals surface area contributed by atoms with Gasteiger partial charge < -0.3 is 9.84 Å². The van der Waals surface area contributed by atoms with Crippen molar-refractivity contribution < 1.29 is 23.1 Å². The summed E-state index contributed by atoms with van der Waals surface area (Å²) in [5.41, 5.74) is 1.91. The number of nitrogens with one attached hydrogen (secondary N) is 1. The highest BCUT2D eigenvalue weighted by Gasteiger charge is 2.15. The van der Waals surface area contributed by atoms with E-state index >= 15 is 0 Å². The summed E-state index contributed by atoms with van der Waals surface area (Å²) in [4.78, 5) is 10.7. The maximum Gasteiger partial charge on any atom is 0.332 e. The van der Waals surface area contributed by atoms with Crippen LogP contribution < -0.4 is 4.72 Å². The van der Waals surface area contributed by atoms with Crippen LogP contribution in [-0.4, -0.2) is 38.7 Å². The van der Waals surface area contributed by atoms with E-state index in [0.29, 0.717) is 0 Å². The van der Waals surface area contributed by atoms with Crippen LogP contribution in [0.4, 0.5) is 0 Å². The standard InChI is InChI=1S/C13H19NO5S/c1-9-4-5-12(8-10(9)2)20(17,18)14-6-7-19-11(3)13(15)16/h4-5,8,11,14H,6-7H2,1-3H3,(H,15,16). The third-order valence-corrected chi connectivity index (χ3v) is 4.36. The minimum atomic E-state index is -3.60. The Balaban J connectivity index is 2.58. The molecule has 0 aliphatic heterocycles. The Labute approximate surface area is 118 Å². The molecule has 0 heterocycles. The van der Waals surface area contributed by atoms with E-state index in [1.807, 2.05) is 13.8 Å². The van der Waals surface area contributed by atoms with Gasteiger partial charge in [-0.15, -0.1) is 0 Å². The van der Waals surface area contributed by atoms with Crippen LogP contribution in [0.1, 0.15) is 18.1 Å². The molecule has 1 atom stereocenters. The largest absolute Gasteiger partial charge is 0.479 e. The number of carboxylic acids is 1. The van der Waals surface area contributed by atoms with Crippen molar-refractivity contribution in [3.63, 3.8) is 0 Å². The Morgan fingerprint density at radius 1 is 1.35 bits per heavy atom. The van der Waals surface area contributed by atoms with Gasteiger partial charge in [-0.3, -0.25) is 0 Å². The van der Waals surface area contributed by atoms with E-state index in [-0.39, 0.29) is 18.0 Å². The smallest absolute Gasteiger partial charge is 0.332 e. The molecule has 0 radical (unpaired) electrons. The van der Waals surface area contributed by atoms with Gasteiger partial charge in [-0.25, -0.2) is 17.9 Å².